The zero-order valence-electron chi connectivity index (χ0n) is 11.5. The summed E-state index contributed by atoms with van der Waals surface area (Å²) in [4.78, 5) is 0. The molecule has 104 valence electrons. The SMILES string of the molecule is CC1=C(C)CC2C(C1)CC([n+]1ccccc1)C2I.[I-]. The predicted octanol–water partition coefficient (Wildman–Crippen LogP) is 1.09. The number of hydrogen-bond acceptors (Lipinski definition) is 0. The number of hydrogen-bond donors (Lipinski definition) is 0. The summed E-state index contributed by atoms with van der Waals surface area (Å²) in [6, 6.07) is 7.11. The van der Waals surface area contributed by atoms with Gasteiger partial charge in [0.25, 0.3) is 0 Å². The van der Waals surface area contributed by atoms with E-state index in [1.807, 2.05) is 0 Å². The Balaban J connectivity index is 0.00000133. The largest absolute Gasteiger partial charge is 1.00 e. The Morgan fingerprint density at radius 2 is 1.68 bits per heavy atom. The monoisotopic (exact) mass is 481 g/mol. The molecule has 2 aliphatic carbocycles. The van der Waals surface area contributed by atoms with E-state index in [1.54, 1.807) is 11.1 Å². The van der Waals surface area contributed by atoms with Crippen LogP contribution in [-0.2, 0) is 0 Å². The van der Waals surface area contributed by atoms with Crippen molar-refractivity contribution < 1.29 is 28.5 Å². The van der Waals surface area contributed by atoms with E-state index >= 15 is 0 Å². The average Bonchev–Trinajstić information content (AvgIpc) is 2.69. The van der Waals surface area contributed by atoms with Gasteiger partial charge in [-0.1, -0.05) is 39.8 Å². The lowest BCUT2D eigenvalue weighted by Crippen LogP contribution is -3.00. The number of halogens is 2. The minimum atomic E-state index is 0. The first-order chi connectivity index (χ1) is 8.66. The molecule has 0 N–H and O–H groups in total. The molecule has 1 aromatic heterocycles. The summed E-state index contributed by atoms with van der Waals surface area (Å²) in [5.74, 6) is 1.81. The van der Waals surface area contributed by atoms with Crippen LogP contribution in [0.15, 0.2) is 41.7 Å². The fraction of sp³-hybridized carbons (Fsp3) is 0.562. The molecular formula is C16H21I2N. The van der Waals surface area contributed by atoms with Crippen molar-refractivity contribution in [2.45, 2.75) is 43.1 Å². The lowest BCUT2D eigenvalue weighted by atomic mass is 9.79. The van der Waals surface area contributed by atoms with E-state index in [0.717, 1.165) is 15.8 Å². The van der Waals surface area contributed by atoms with Gasteiger partial charge in [-0.2, -0.15) is 0 Å². The van der Waals surface area contributed by atoms with E-state index in [9.17, 15) is 0 Å². The summed E-state index contributed by atoms with van der Waals surface area (Å²) in [7, 11) is 0. The Bertz CT molecular complexity index is 469. The molecular weight excluding hydrogens is 460 g/mol. The van der Waals surface area contributed by atoms with E-state index in [1.165, 1.54) is 19.3 Å². The van der Waals surface area contributed by atoms with E-state index in [4.69, 9.17) is 0 Å². The van der Waals surface area contributed by atoms with Crippen LogP contribution in [-0.4, -0.2) is 3.92 Å². The molecule has 1 heterocycles. The van der Waals surface area contributed by atoms with Crippen molar-refractivity contribution in [3.8, 4) is 0 Å². The van der Waals surface area contributed by atoms with Gasteiger partial charge >= 0.3 is 0 Å². The summed E-state index contributed by atoms with van der Waals surface area (Å²) in [5, 5.41) is 0. The Hall–Kier alpha value is 0.350. The van der Waals surface area contributed by atoms with Gasteiger partial charge in [0.1, 0.15) is 0 Å². The molecule has 0 amide bonds. The molecule has 2 aliphatic rings. The highest BCUT2D eigenvalue weighted by atomic mass is 127. The van der Waals surface area contributed by atoms with Crippen molar-refractivity contribution in [2.75, 3.05) is 0 Å². The molecule has 3 rings (SSSR count). The molecule has 1 nitrogen and oxygen atoms in total. The third-order valence-corrected chi connectivity index (χ3v) is 6.64. The quantitative estimate of drug-likeness (QED) is 0.245. The number of pyridine rings is 1. The van der Waals surface area contributed by atoms with Gasteiger partial charge in [0.15, 0.2) is 18.4 Å². The van der Waals surface area contributed by atoms with Crippen LogP contribution in [0.3, 0.4) is 0 Å². The molecule has 0 aromatic carbocycles. The first-order valence-corrected chi connectivity index (χ1v) is 8.16. The van der Waals surface area contributed by atoms with Crippen molar-refractivity contribution in [3.63, 3.8) is 0 Å². The summed E-state index contributed by atoms with van der Waals surface area (Å²) < 4.78 is 3.21. The van der Waals surface area contributed by atoms with Crippen LogP contribution in [0.5, 0.6) is 0 Å². The highest BCUT2D eigenvalue weighted by Crippen LogP contribution is 2.50. The van der Waals surface area contributed by atoms with Crippen molar-refractivity contribution in [1.29, 1.82) is 0 Å². The van der Waals surface area contributed by atoms with Gasteiger partial charge in [0.05, 0.1) is 3.92 Å². The molecule has 0 saturated heterocycles. The maximum Gasteiger partial charge on any atom is 0.170 e. The summed E-state index contributed by atoms with van der Waals surface area (Å²) in [6.45, 7) is 4.66. The van der Waals surface area contributed by atoms with Gasteiger partial charge in [-0.15, -0.1) is 0 Å². The van der Waals surface area contributed by atoms with Crippen LogP contribution in [0, 0.1) is 11.8 Å². The molecule has 0 aliphatic heterocycles. The molecule has 0 radical (unpaired) electrons. The second-order valence-corrected chi connectivity index (χ2v) is 7.40. The Kier molecular flexibility index (Phi) is 5.31. The molecule has 4 unspecified atom stereocenters. The van der Waals surface area contributed by atoms with Crippen molar-refractivity contribution in [3.05, 3.63) is 41.7 Å². The average molecular weight is 481 g/mol. The number of aromatic nitrogens is 1. The zero-order valence-corrected chi connectivity index (χ0v) is 15.8. The van der Waals surface area contributed by atoms with Crippen molar-refractivity contribution >= 4 is 22.6 Å². The maximum absolute atomic E-state index is 2.71. The molecule has 19 heavy (non-hydrogen) atoms. The van der Waals surface area contributed by atoms with E-state index < -0.39 is 0 Å². The predicted molar refractivity (Wildman–Crippen MR) is 82.7 cm³/mol. The summed E-state index contributed by atoms with van der Waals surface area (Å²) in [5.41, 5.74) is 3.30. The first kappa shape index (κ1) is 15.7. The number of alkyl halides is 1. The standard InChI is InChI=1S/C16H21IN.HI/c1-11-8-13-10-15(18-6-4-3-5-7-18)16(17)14(13)9-12(11)2;/h3-7,13-16H,8-10H2,1-2H3;1H/q+1;/p-1. The second kappa shape index (κ2) is 6.41. The number of allylic oxidation sites excluding steroid dienone is 2. The van der Waals surface area contributed by atoms with Crippen molar-refractivity contribution in [1.82, 2.24) is 0 Å². The Morgan fingerprint density at radius 3 is 2.37 bits per heavy atom. The molecule has 1 saturated carbocycles. The number of nitrogens with zero attached hydrogens (tertiary/aromatic N) is 1. The summed E-state index contributed by atoms with van der Waals surface area (Å²) in [6.07, 6.45) is 8.49. The lowest BCUT2D eigenvalue weighted by molar-refractivity contribution is -0.720. The van der Waals surface area contributed by atoms with Crippen LogP contribution < -0.4 is 28.5 Å². The van der Waals surface area contributed by atoms with Crippen LogP contribution >= 0.6 is 22.6 Å². The highest BCUT2D eigenvalue weighted by Gasteiger charge is 2.47. The van der Waals surface area contributed by atoms with Gasteiger partial charge in [-0.25, -0.2) is 4.57 Å². The minimum absolute atomic E-state index is 0. The fourth-order valence-electron chi connectivity index (χ4n) is 3.69. The molecule has 0 spiro atoms. The van der Waals surface area contributed by atoms with E-state index in [2.05, 4.69) is 71.6 Å². The van der Waals surface area contributed by atoms with Gasteiger partial charge in [0, 0.05) is 18.6 Å². The van der Waals surface area contributed by atoms with Crippen molar-refractivity contribution in [2.24, 2.45) is 11.8 Å². The Morgan fingerprint density at radius 1 is 1.05 bits per heavy atom. The van der Waals surface area contributed by atoms with Crippen LogP contribution in [0.2, 0.25) is 0 Å². The zero-order chi connectivity index (χ0) is 12.7. The van der Waals surface area contributed by atoms with E-state index in [0.29, 0.717) is 6.04 Å². The maximum atomic E-state index is 2.71. The molecule has 3 heteroatoms. The van der Waals surface area contributed by atoms with Gasteiger partial charge < -0.3 is 24.0 Å². The third kappa shape index (κ3) is 3.01. The number of fused-ring (bicyclic) bond motifs is 1. The molecule has 1 aromatic rings. The van der Waals surface area contributed by atoms with Crippen LogP contribution in [0.4, 0.5) is 0 Å². The normalized spacial score (nSPS) is 33.8. The van der Waals surface area contributed by atoms with Crippen LogP contribution in [0.25, 0.3) is 0 Å². The highest BCUT2D eigenvalue weighted by molar-refractivity contribution is 14.1. The number of rotatable bonds is 1. The second-order valence-electron chi connectivity index (χ2n) is 5.96. The molecule has 1 fully saturated rings. The summed E-state index contributed by atoms with van der Waals surface area (Å²) >= 11 is 2.71. The topological polar surface area (TPSA) is 3.88 Å². The third-order valence-electron chi connectivity index (χ3n) is 4.89. The van der Waals surface area contributed by atoms with Gasteiger partial charge in [-0.3, -0.25) is 0 Å². The smallest absolute Gasteiger partial charge is 0.170 e. The first-order valence-electron chi connectivity index (χ1n) is 6.92. The lowest BCUT2D eigenvalue weighted by Gasteiger charge is -2.28. The van der Waals surface area contributed by atoms with Gasteiger partial charge in [-0.05, 0) is 38.5 Å². The molecule has 0 bridgehead atoms. The van der Waals surface area contributed by atoms with E-state index in [-0.39, 0.29) is 24.0 Å². The van der Waals surface area contributed by atoms with Crippen LogP contribution in [0.1, 0.15) is 39.2 Å². The molecule has 4 atom stereocenters. The Labute approximate surface area is 147 Å². The van der Waals surface area contributed by atoms with Gasteiger partial charge in [0.2, 0.25) is 0 Å². The fourth-order valence-corrected chi connectivity index (χ4v) is 5.20. The minimum Gasteiger partial charge on any atom is -1.00 e.